The number of ether oxygens (including phenoxy) is 1. The number of fused-ring (bicyclic) bond motifs is 1. The van der Waals surface area contributed by atoms with E-state index in [9.17, 15) is 4.79 Å². The maximum absolute atomic E-state index is 11.7. The summed E-state index contributed by atoms with van der Waals surface area (Å²) < 4.78 is 13.1. The third kappa shape index (κ3) is 2.60. The number of hydrogen-bond acceptors (Lipinski definition) is 4. The first kappa shape index (κ1) is 12.9. The molecule has 0 unspecified atom stereocenters. The Morgan fingerprint density at radius 2 is 2.05 bits per heavy atom. The van der Waals surface area contributed by atoms with E-state index in [1.807, 2.05) is 24.3 Å². The lowest BCUT2D eigenvalue weighted by Crippen LogP contribution is -2.19. The monoisotopic (exact) mass is 334 g/mol. The highest BCUT2D eigenvalue weighted by atomic mass is 79.9. The third-order valence-corrected chi connectivity index (χ3v) is 3.35. The number of rotatable bonds is 4. The Hall–Kier alpha value is -2.08. The van der Waals surface area contributed by atoms with Crippen molar-refractivity contribution in [1.82, 2.24) is 9.55 Å². The second-order valence-corrected chi connectivity index (χ2v) is 5.06. The van der Waals surface area contributed by atoms with Crippen molar-refractivity contribution in [2.45, 2.75) is 6.54 Å². The summed E-state index contributed by atoms with van der Waals surface area (Å²) in [5, 5.41) is 0. The highest BCUT2D eigenvalue weighted by Crippen LogP contribution is 2.16. The van der Waals surface area contributed by atoms with Crippen LogP contribution in [-0.4, -0.2) is 16.2 Å². The van der Waals surface area contributed by atoms with E-state index >= 15 is 0 Å². The number of nitrogens with zero attached hydrogens (tertiary/aromatic N) is 2. The van der Waals surface area contributed by atoms with E-state index in [4.69, 9.17) is 9.15 Å². The van der Waals surface area contributed by atoms with Crippen molar-refractivity contribution in [3.8, 4) is 5.75 Å². The molecule has 3 aromatic rings. The van der Waals surface area contributed by atoms with Crippen LogP contribution in [0.5, 0.6) is 5.75 Å². The summed E-state index contributed by atoms with van der Waals surface area (Å²) in [5.41, 5.74) is 1.03. The van der Waals surface area contributed by atoms with E-state index in [0.717, 1.165) is 10.2 Å². The van der Waals surface area contributed by atoms with Gasteiger partial charge in [0.15, 0.2) is 11.2 Å². The lowest BCUT2D eigenvalue weighted by molar-refractivity contribution is 0.294. The van der Waals surface area contributed by atoms with Crippen molar-refractivity contribution in [3.63, 3.8) is 0 Å². The second-order valence-electron chi connectivity index (χ2n) is 4.15. The molecule has 102 valence electrons. The highest BCUT2D eigenvalue weighted by molar-refractivity contribution is 9.10. The molecule has 0 bridgehead atoms. The van der Waals surface area contributed by atoms with E-state index < -0.39 is 5.76 Å². The Morgan fingerprint density at radius 1 is 1.25 bits per heavy atom. The van der Waals surface area contributed by atoms with Crippen LogP contribution in [0.1, 0.15) is 0 Å². The number of hydrogen-bond donors (Lipinski definition) is 0. The summed E-state index contributed by atoms with van der Waals surface area (Å²) in [5.74, 6) is 0.333. The molecule has 6 heteroatoms. The molecule has 2 heterocycles. The van der Waals surface area contributed by atoms with Gasteiger partial charge in [-0.25, -0.2) is 9.78 Å². The first-order valence-corrected chi connectivity index (χ1v) is 6.86. The van der Waals surface area contributed by atoms with E-state index in [2.05, 4.69) is 20.9 Å². The topological polar surface area (TPSA) is 57.3 Å². The SMILES string of the molecule is O=c1oc2cccnc2n1CCOc1ccc(Br)cc1. The molecule has 0 atom stereocenters. The van der Waals surface area contributed by atoms with Crippen molar-refractivity contribution in [2.24, 2.45) is 0 Å². The third-order valence-electron chi connectivity index (χ3n) is 2.82. The van der Waals surface area contributed by atoms with Crippen molar-refractivity contribution >= 4 is 27.2 Å². The lowest BCUT2D eigenvalue weighted by atomic mass is 10.3. The Kier molecular flexibility index (Phi) is 3.56. The van der Waals surface area contributed by atoms with Gasteiger partial charge in [-0.3, -0.25) is 4.57 Å². The number of aromatic nitrogens is 2. The molecular weight excluding hydrogens is 324 g/mol. The molecule has 0 saturated heterocycles. The molecular formula is C14H11BrN2O3. The van der Waals surface area contributed by atoms with E-state index in [-0.39, 0.29) is 0 Å². The van der Waals surface area contributed by atoms with Crippen LogP contribution < -0.4 is 10.5 Å². The predicted octanol–water partition coefficient (Wildman–Crippen LogP) is 2.83. The van der Waals surface area contributed by atoms with E-state index in [1.165, 1.54) is 4.57 Å². The van der Waals surface area contributed by atoms with Crippen LogP contribution in [0, 0.1) is 0 Å². The van der Waals surface area contributed by atoms with Gasteiger partial charge in [-0.1, -0.05) is 15.9 Å². The Balaban J connectivity index is 1.72. The van der Waals surface area contributed by atoms with Gasteiger partial charge >= 0.3 is 5.76 Å². The molecule has 20 heavy (non-hydrogen) atoms. The first-order valence-electron chi connectivity index (χ1n) is 6.07. The van der Waals surface area contributed by atoms with Crippen molar-refractivity contribution in [3.05, 3.63) is 57.6 Å². The minimum Gasteiger partial charge on any atom is -0.492 e. The predicted molar refractivity (Wildman–Crippen MR) is 77.9 cm³/mol. The molecule has 1 aromatic carbocycles. The molecule has 0 N–H and O–H groups in total. The molecule has 0 radical (unpaired) electrons. The van der Waals surface area contributed by atoms with Crippen molar-refractivity contribution in [2.75, 3.05) is 6.61 Å². The van der Waals surface area contributed by atoms with Crippen LogP contribution in [-0.2, 0) is 6.54 Å². The average Bonchev–Trinajstić information content (AvgIpc) is 2.77. The van der Waals surface area contributed by atoms with Gasteiger partial charge in [-0.2, -0.15) is 0 Å². The maximum atomic E-state index is 11.7. The standard InChI is InChI=1S/C14H11BrN2O3/c15-10-3-5-11(6-4-10)19-9-8-17-13-12(20-14(17)18)2-1-7-16-13/h1-7H,8-9H2. The molecule has 2 aromatic heterocycles. The summed E-state index contributed by atoms with van der Waals surface area (Å²) >= 11 is 3.36. The normalized spacial score (nSPS) is 10.8. The fourth-order valence-electron chi connectivity index (χ4n) is 1.88. The Morgan fingerprint density at radius 3 is 2.85 bits per heavy atom. The number of benzene rings is 1. The molecule has 0 aliphatic rings. The van der Waals surface area contributed by atoms with Crippen LogP contribution in [0.4, 0.5) is 0 Å². The molecule has 0 saturated carbocycles. The van der Waals surface area contributed by atoms with Gasteiger partial charge < -0.3 is 9.15 Å². The van der Waals surface area contributed by atoms with E-state index in [1.54, 1.807) is 18.3 Å². The zero-order valence-corrected chi connectivity index (χ0v) is 12.0. The van der Waals surface area contributed by atoms with Gasteiger partial charge in [-0.05, 0) is 36.4 Å². The Bertz CT molecular complexity index is 777. The largest absolute Gasteiger partial charge is 0.492 e. The molecule has 0 aliphatic heterocycles. The van der Waals surface area contributed by atoms with Crippen molar-refractivity contribution in [1.29, 1.82) is 0 Å². The van der Waals surface area contributed by atoms with Gasteiger partial charge in [-0.15, -0.1) is 0 Å². The molecule has 0 aliphatic carbocycles. The number of halogens is 1. The molecule has 0 amide bonds. The Labute approximate surface area is 122 Å². The second kappa shape index (κ2) is 5.50. The summed E-state index contributed by atoms with van der Waals surface area (Å²) in [7, 11) is 0. The average molecular weight is 335 g/mol. The minimum atomic E-state index is -0.418. The summed E-state index contributed by atoms with van der Waals surface area (Å²) in [6.07, 6.45) is 1.63. The fraction of sp³-hybridized carbons (Fsp3) is 0.143. The van der Waals surface area contributed by atoms with Gasteiger partial charge in [0.2, 0.25) is 0 Å². The van der Waals surface area contributed by atoms with Crippen LogP contribution in [0.15, 0.2) is 56.3 Å². The molecule has 0 spiro atoms. The summed E-state index contributed by atoms with van der Waals surface area (Å²) in [4.78, 5) is 15.9. The van der Waals surface area contributed by atoms with Gasteiger partial charge in [0.25, 0.3) is 0 Å². The van der Waals surface area contributed by atoms with E-state index in [0.29, 0.717) is 24.4 Å². The van der Waals surface area contributed by atoms with Crippen LogP contribution in [0.25, 0.3) is 11.2 Å². The summed E-state index contributed by atoms with van der Waals surface area (Å²) in [6.45, 7) is 0.756. The summed E-state index contributed by atoms with van der Waals surface area (Å²) in [6, 6.07) is 11.0. The molecule has 3 rings (SSSR count). The highest BCUT2D eigenvalue weighted by Gasteiger charge is 2.09. The number of pyridine rings is 1. The van der Waals surface area contributed by atoms with Crippen LogP contribution in [0.3, 0.4) is 0 Å². The lowest BCUT2D eigenvalue weighted by Gasteiger charge is -2.06. The van der Waals surface area contributed by atoms with Crippen LogP contribution >= 0.6 is 15.9 Å². The zero-order valence-electron chi connectivity index (χ0n) is 10.5. The van der Waals surface area contributed by atoms with Crippen LogP contribution in [0.2, 0.25) is 0 Å². The van der Waals surface area contributed by atoms with Gasteiger partial charge in [0.1, 0.15) is 12.4 Å². The molecule has 0 fully saturated rings. The smallest absolute Gasteiger partial charge is 0.421 e. The van der Waals surface area contributed by atoms with Gasteiger partial charge in [0.05, 0.1) is 6.54 Å². The zero-order chi connectivity index (χ0) is 13.9. The van der Waals surface area contributed by atoms with Gasteiger partial charge in [0, 0.05) is 10.7 Å². The minimum absolute atomic E-state index is 0.368. The maximum Gasteiger partial charge on any atom is 0.421 e. The first-order chi connectivity index (χ1) is 9.74. The molecule has 5 nitrogen and oxygen atoms in total. The quantitative estimate of drug-likeness (QED) is 0.736. The van der Waals surface area contributed by atoms with Crippen molar-refractivity contribution < 1.29 is 9.15 Å². The number of oxazole rings is 1. The fourth-order valence-corrected chi connectivity index (χ4v) is 2.15.